The number of alkyl carbamates (subject to hydrolysis) is 1. The van der Waals surface area contributed by atoms with Crippen molar-refractivity contribution in [1.29, 1.82) is 0 Å². The average molecular weight is 384 g/mol. The van der Waals surface area contributed by atoms with Crippen LogP contribution in [0.25, 0.3) is 10.8 Å². The third-order valence-electron chi connectivity index (χ3n) is 4.84. The lowest BCUT2D eigenvalue weighted by molar-refractivity contribution is 0.0511. The van der Waals surface area contributed by atoms with E-state index in [2.05, 4.69) is 20.9 Å². The quantitative estimate of drug-likeness (QED) is 0.737. The number of carbonyl (C=O) groups is 2. The largest absolute Gasteiger partial charge is 0.444 e. The third kappa shape index (κ3) is 5.12. The molecule has 7 nitrogen and oxygen atoms in total. The van der Waals surface area contributed by atoms with Crippen molar-refractivity contribution in [1.82, 2.24) is 15.6 Å². The van der Waals surface area contributed by atoms with E-state index in [-0.39, 0.29) is 6.03 Å². The highest BCUT2D eigenvalue weighted by Crippen LogP contribution is 2.30. The lowest BCUT2D eigenvalue weighted by Crippen LogP contribution is -2.55. The third-order valence-corrected chi connectivity index (χ3v) is 4.84. The Hall–Kier alpha value is -2.83. The second-order valence-electron chi connectivity index (χ2n) is 8.32. The molecule has 0 spiro atoms. The van der Waals surface area contributed by atoms with E-state index in [1.807, 2.05) is 45.0 Å². The molecule has 1 heterocycles. The minimum absolute atomic E-state index is 0.280. The number of rotatable bonds is 4. The van der Waals surface area contributed by atoms with E-state index in [1.54, 1.807) is 12.4 Å². The molecule has 28 heavy (non-hydrogen) atoms. The molecule has 3 rings (SSSR count). The highest BCUT2D eigenvalue weighted by molar-refractivity contribution is 6.01. The van der Waals surface area contributed by atoms with Gasteiger partial charge in [-0.2, -0.15) is 0 Å². The van der Waals surface area contributed by atoms with Crippen LogP contribution >= 0.6 is 0 Å². The first-order valence-electron chi connectivity index (χ1n) is 9.65. The van der Waals surface area contributed by atoms with Gasteiger partial charge in [0.25, 0.3) is 0 Å². The topological polar surface area (TPSA) is 92.4 Å². The Morgan fingerprint density at radius 1 is 1.18 bits per heavy atom. The number of urea groups is 1. The second-order valence-corrected chi connectivity index (χ2v) is 8.32. The van der Waals surface area contributed by atoms with Crippen LogP contribution in [0.4, 0.5) is 15.3 Å². The number of ether oxygens (including phenoxy) is 1. The number of nitrogens with zero attached hydrogens (tertiary/aromatic N) is 1. The summed E-state index contributed by atoms with van der Waals surface area (Å²) in [6.07, 6.45) is 6.65. The van der Waals surface area contributed by atoms with Crippen molar-refractivity contribution >= 4 is 28.6 Å². The van der Waals surface area contributed by atoms with Crippen LogP contribution in [0.5, 0.6) is 0 Å². The number of benzene rings is 1. The van der Waals surface area contributed by atoms with Crippen LogP contribution in [0.15, 0.2) is 36.7 Å². The lowest BCUT2D eigenvalue weighted by atomic mass is 9.98. The van der Waals surface area contributed by atoms with Crippen molar-refractivity contribution in [3.05, 3.63) is 36.7 Å². The number of amides is 3. The molecule has 0 aliphatic heterocycles. The highest BCUT2D eigenvalue weighted by Gasteiger charge is 2.36. The fourth-order valence-electron chi connectivity index (χ4n) is 3.58. The Kier molecular flexibility index (Phi) is 5.72. The van der Waals surface area contributed by atoms with Crippen molar-refractivity contribution in [3.63, 3.8) is 0 Å². The molecule has 2 aromatic rings. The zero-order chi connectivity index (χ0) is 20.2. The Morgan fingerprint density at radius 3 is 2.64 bits per heavy atom. The summed E-state index contributed by atoms with van der Waals surface area (Å²) in [5.41, 5.74) is -0.292. The zero-order valence-electron chi connectivity index (χ0n) is 16.7. The molecule has 1 fully saturated rings. The summed E-state index contributed by atoms with van der Waals surface area (Å²) in [4.78, 5) is 28.8. The van der Waals surface area contributed by atoms with Crippen LogP contribution < -0.4 is 16.0 Å². The number of anilines is 1. The first-order chi connectivity index (χ1) is 13.3. The summed E-state index contributed by atoms with van der Waals surface area (Å²) >= 11 is 0. The van der Waals surface area contributed by atoms with Gasteiger partial charge in [0.2, 0.25) is 0 Å². The SMILES string of the molecule is CC(C)(C)OC(=O)NCC1(NC(=O)Nc2cccc3cnccc23)CCCC1. The van der Waals surface area contributed by atoms with Gasteiger partial charge in [-0.3, -0.25) is 4.98 Å². The summed E-state index contributed by atoms with van der Waals surface area (Å²) in [6.45, 7) is 5.81. The second kappa shape index (κ2) is 8.04. The van der Waals surface area contributed by atoms with E-state index in [4.69, 9.17) is 4.74 Å². The van der Waals surface area contributed by atoms with Crippen molar-refractivity contribution in [2.75, 3.05) is 11.9 Å². The summed E-state index contributed by atoms with van der Waals surface area (Å²) in [7, 11) is 0. The minimum atomic E-state index is -0.555. The molecule has 0 saturated heterocycles. The monoisotopic (exact) mass is 384 g/mol. The van der Waals surface area contributed by atoms with Crippen LogP contribution in [-0.4, -0.2) is 34.8 Å². The van der Waals surface area contributed by atoms with Gasteiger partial charge in [0.05, 0.1) is 11.2 Å². The molecular weight excluding hydrogens is 356 g/mol. The molecule has 0 bridgehead atoms. The van der Waals surface area contributed by atoms with E-state index in [0.29, 0.717) is 6.54 Å². The van der Waals surface area contributed by atoms with Gasteiger partial charge in [-0.25, -0.2) is 9.59 Å². The van der Waals surface area contributed by atoms with E-state index in [9.17, 15) is 9.59 Å². The molecule has 3 N–H and O–H groups in total. The zero-order valence-corrected chi connectivity index (χ0v) is 16.7. The Balaban J connectivity index is 1.65. The number of fused-ring (bicyclic) bond motifs is 1. The first kappa shape index (κ1) is 19.9. The molecular formula is C21H28N4O3. The van der Waals surface area contributed by atoms with Crippen LogP contribution in [0, 0.1) is 0 Å². The van der Waals surface area contributed by atoms with Crippen LogP contribution in [0.3, 0.4) is 0 Å². The predicted octanol–water partition coefficient (Wildman–Crippen LogP) is 4.19. The predicted molar refractivity (Wildman–Crippen MR) is 109 cm³/mol. The maximum atomic E-state index is 12.7. The van der Waals surface area contributed by atoms with Crippen molar-refractivity contribution in [3.8, 4) is 0 Å². The molecule has 0 atom stereocenters. The number of carbonyl (C=O) groups excluding carboxylic acids is 2. The smallest absolute Gasteiger partial charge is 0.407 e. The van der Waals surface area contributed by atoms with Gasteiger partial charge < -0.3 is 20.7 Å². The molecule has 7 heteroatoms. The molecule has 1 saturated carbocycles. The summed E-state index contributed by atoms with van der Waals surface area (Å²) in [5.74, 6) is 0. The maximum Gasteiger partial charge on any atom is 0.407 e. The maximum absolute atomic E-state index is 12.7. The molecule has 150 valence electrons. The fourth-order valence-corrected chi connectivity index (χ4v) is 3.58. The normalized spacial score (nSPS) is 15.8. The first-order valence-corrected chi connectivity index (χ1v) is 9.65. The molecule has 1 aliphatic rings. The number of hydrogen-bond acceptors (Lipinski definition) is 4. The number of pyridine rings is 1. The standard InChI is InChI=1S/C21H28N4O3/c1-20(2,3)28-19(27)23-14-21(10-4-5-11-21)25-18(26)24-17-8-6-7-15-13-22-12-9-16(15)17/h6-9,12-13H,4-5,10-11,14H2,1-3H3,(H,23,27)(H2,24,25,26). The van der Waals surface area contributed by atoms with Gasteiger partial charge >= 0.3 is 12.1 Å². The number of aromatic nitrogens is 1. The van der Waals surface area contributed by atoms with E-state index in [1.165, 1.54) is 0 Å². The van der Waals surface area contributed by atoms with Crippen LogP contribution in [0.2, 0.25) is 0 Å². The lowest BCUT2D eigenvalue weighted by Gasteiger charge is -2.31. The minimum Gasteiger partial charge on any atom is -0.444 e. The number of hydrogen-bond donors (Lipinski definition) is 3. The number of nitrogens with one attached hydrogen (secondary N) is 3. The van der Waals surface area contributed by atoms with E-state index >= 15 is 0 Å². The van der Waals surface area contributed by atoms with Crippen LogP contribution in [-0.2, 0) is 4.74 Å². The molecule has 3 amide bonds. The fraction of sp³-hybridized carbons (Fsp3) is 0.476. The van der Waals surface area contributed by atoms with Crippen molar-refractivity contribution in [2.24, 2.45) is 0 Å². The molecule has 0 radical (unpaired) electrons. The Bertz CT molecular complexity index is 849. The summed E-state index contributed by atoms with van der Waals surface area (Å²) < 4.78 is 5.31. The van der Waals surface area contributed by atoms with Gasteiger partial charge in [-0.15, -0.1) is 0 Å². The van der Waals surface area contributed by atoms with E-state index < -0.39 is 17.2 Å². The summed E-state index contributed by atoms with van der Waals surface area (Å²) in [5, 5.41) is 10.7. The van der Waals surface area contributed by atoms with Crippen molar-refractivity contribution < 1.29 is 14.3 Å². The van der Waals surface area contributed by atoms with Gasteiger partial charge in [-0.05, 0) is 45.7 Å². The molecule has 1 aliphatic carbocycles. The van der Waals surface area contributed by atoms with Gasteiger partial charge in [0.1, 0.15) is 5.60 Å². The van der Waals surface area contributed by atoms with E-state index in [0.717, 1.165) is 42.1 Å². The highest BCUT2D eigenvalue weighted by atomic mass is 16.6. The average Bonchev–Trinajstić information content (AvgIpc) is 3.07. The van der Waals surface area contributed by atoms with Crippen molar-refractivity contribution in [2.45, 2.75) is 57.6 Å². The van der Waals surface area contributed by atoms with Gasteiger partial charge in [0.15, 0.2) is 0 Å². The molecule has 0 unspecified atom stereocenters. The molecule has 1 aromatic heterocycles. The Labute approximate surface area is 165 Å². The Morgan fingerprint density at radius 2 is 1.93 bits per heavy atom. The van der Waals surface area contributed by atoms with Gasteiger partial charge in [-0.1, -0.05) is 25.0 Å². The van der Waals surface area contributed by atoms with Gasteiger partial charge in [0, 0.05) is 29.7 Å². The van der Waals surface area contributed by atoms with Crippen LogP contribution in [0.1, 0.15) is 46.5 Å². The summed E-state index contributed by atoms with van der Waals surface area (Å²) in [6, 6.07) is 7.30. The molecule has 1 aromatic carbocycles.